The van der Waals surface area contributed by atoms with E-state index < -0.39 is 11.4 Å². The average molecular weight is 401 g/mol. The lowest BCUT2D eigenvalue weighted by molar-refractivity contribution is 0.0731. The molecule has 0 aliphatic heterocycles. The van der Waals surface area contributed by atoms with Crippen LogP contribution in [0, 0.1) is 13.8 Å². The Morgan fingerprint density at radius 2 is 1.70 bits per heavy atom. The maximum absolute atomic E-state index is 13.3. The number of hydrogen-bond donors (Lipinski definition) is 0. The molecule has 0 atom stereocenters. The number of pyridine rings is 1. The van der Waals surface area contributed by atoms with E-state index in [0.29, 0.717) is 22.3 Å². The molecule has 0 radical (unpaired) electrons. The molecule has 0 spiro atoms. The number of aromatic nitrogens is 1. The Hall–Kier alpha value is -3.93. The molecule has 6 heteroatoms. The van der Waals surface area contributed by atoms with Crippen molar-refractivity contribution in [3.63, 3.8) is 0 Å². The van der Waals surface area contributed by atoms with Crippen molar-refractivity contribution in [2.75, 3.05) is 7.11 Å². The van der Waals surface area contributed by atoms with Gasteiger partial charge >= 0.3 is 5.97 Å². The minimum Gasteiger partial charge on any atom is -0.497 e. The van der Waals surface area contributed by atoms with Crippen molar-refractivity contribution in [2.24, 2.45) is 0 Å². The van der Waals surface area contributed by atoms with E-state index in [0.717, 1.165) is 11.1 Å². The van der Waals surface area contributed by atoms with Crippen LogP contribution in [0.15, 0.2) is 70.1 Å². The van der Waals surface area contributed by atoms with E-state index in [1.165, 1.54) is 24.5 Å². The summed E-state index contributed by atoms with van der Waals surface area (Å²) in [6.07, 6.45) is 2.97. The fourth-order valence-corrected chi connectivity index (χ4v) is 3.30. The molecule has 150 valence electrons. The highest BCUT2D eigenvalue weighted by Gasteiger charge is 2.22. The van der Waals surface area contributed by atoms with Crippen molar-refractivity contribution in [1.29, 1.82) is 0 Å². The molecule has 0 saturated heterocycles. The van der Waals surface area contributed by atoms with Crippen LogP contribution in [0.3, 0.4) is 0 Å². The molecular formula is C24H19NO5. The van der Waals surface area contributed by atoms with Gasteiger partial charge in [0.05, 0.1) is 18.1 Å². The third-order valence-electron chi connectivity index (χ3n) is 4.74. The summed E-state index contributed by atoms with van der Waals surface area (Å²) in [5.41, 5.74) is 2.66. The summed E-state index contributed by atoms with van der Waals surface area (Å²) in [5.74, 6) is 0.0243. The molecule has 2 aromatic heterocycles. The number of esters is 1. The van der Waals surface area contributed by atoms with Crippen LogP contribution in [0.5, 0.6) is 11.5 Å². The Morgan fingerprint density at radius 3 is 2.37 bits per heavy atom. The summed E-state index contributed by atoms with van der Waals surface area (Å²) in [6.45, 7) is 3.77. The van der Waals surface area contributed by atoms with E-state index in [1.54, 1.807) is 37.4 Å². The molecule has 0 unspecified atom stereocenters. The first-order valence-electron chi connectivity index (χ1n) is 9.32. The lowest BCUT2D eigenvalue weighted by atomic mass is 10.1. The number of benzene rings is 2. The monoisotopic (exact) mass is 401 g/mol. The molecule has 0 amide bonds. The minimum absolute atomic E-state index is 0.153. The van der Waals surface area contributed by atoms with Crippen molar-refractivity contribution in [1.82, 2.24) is 4.98 Å². The Bertz CT molecular complexity index is 1290. The molecule has 4 aromatic rings. The molecule has 4 rings (SSSR count). The van der Waals surface area contributed by atoms with Crippen molar-refractivity contribution >= 4 is 16.9 Å². The molecule has 0 saturated carbocycles. The second-order valence-corrected chi connectivity index (χ2v) is 6.90. The largest absolute Gasteiger partial charge is 0.497 e. The van der Waals surface area contributed by atoms with Gasteiger partial charge in [-0.15, -0.1) is 0 Å². The van der Waals surface area contributed by atoms with Gasteiger partial charge in [-0.25, -0.2) is 4.79 Å². The molecule has 2 aromatic carbocycles. The highest BCUT2D eigenvalue weighted by molar-refractivity contribution is 5.93. The molecule has 0 aliphatic rings. The highest BCUT2D eigenvalue weighted by atomic mass is 16.5. The van der Waals surface area contributed by atoms with Gasteiger partial charge in [0.15, 0.2) is 5.76 Å². The Kier molecular flexibility index (Phi) is 5.06. The van der Waals surface area contributed by atoms with E-state index >= 15 is 0 Å². The minimum atomic E-state index is -0.664. The van der Waals surface area contributed by atoms with Crippen molar-refractivity contribution < 1.29 is 18.7 Å². The maximum Gasteiger partial charge on any atom is 0.343 e. The van der Waals surface area contributed by atoms with E-state index in [-0.39, 0.29) is 17.1 Å². The van der Waals surface area contributed by atoms with Gasteiger partial charge in [-0.1, -0.05) is 6.07 Å². The molecule has 0 aliphatic carbocycles. The van der Waals surface area contributed by atoms with Gasteiger partial charge in [0.2, 0.25) is 11.2 Å². The van der Waals surface area contributed by atoms with Gasteiger partial charge in [-0.3, -0.25) is 9.78 Å². The third kappa shape index (κ3) is 3.55. The average Bonchev–Trinajstić information content (AvgIpc) is 2.76. The van der Waals surface area contributed by atoms with Crippen molar-refractivity contribution in [3.8, 4) is 22.8 Å². The topological polar surface area (TPSA) is 78.6 Å². The Morgan fingerprint density at radius 1 is 1.00 bits per heavy atom. The number of fused-ring (bicyclic) bond motifs is 1. The quantitative estimate of drug-likeness (QED) is 0.461. The molecule has 30 heavy (non-hydrogen) atoms. The lowest BCUT2D eigenvalue weighted by Gasteiger charge is -2.12. The van der Waals surface area contributed by atoms with E-state index in [1.807, 2.05) is 19.9 Å². The summed E-state index contributed by atoms with van der Waals surface area (Å²) < 4.78 is 16.9. The number of nitrogens with zero attached hydrogens (tertiary/aromatic N) is 1. The number of carbonyl (C=O) groups excluding carboxylic acids is 1. The Balaban J connectivity index is 1.94. The number of rotatable bonds is 4. The van der Waals surface area contributed by atoms with Crippen LogP contribution in [0.4, 0.5) is 0 Å². The molecule has 0 bridgehead atoms. The van der Waals surface area contributed by atoms with Crippen LogP contribution >= 0.6 is 0 Å². The van der Waals surface area contributed by atoms with Gasteiger partial charge in [0.1, 0.15) is 11.3 Å². The molecule has 6 nitrogen and oxygen atoms in total. The molecule has 0 fully saturated rings. The third-order valence-corrected chi connectivity index (χ3v) is 4.74. The summed E-state index contributed by atoms with van der Waals surface area (Å²) in [5, 5.41) is 0.363. The van der Waals surface area contributed by atoms with Gasteiger partial charge < -0.3 is 13.9 Å². The van der Waals surface area contributed by atoms with Crippen LogP contribution in [0.2, 0.25) is 0 Å². The predicted molar refractivity (Wildman–Crippen MR) is 113 cm³/mol. The smallest absolute Gasteiger partial charge is 0.343 e. The normalized spacial score (nSPS) is 10.8. The van der Waals surface area contributed by atoms with Gasteiger partial charge in [-0.05, 0) is 67.4 Å². The number of carbonyl (C=O) groups is 1. The van der Waals surface area contributed by atoms with E-state index in [9.17, 15) is 9.59 Å². The SMILES string of the molecule is COc1ccc(-c2oc3c(C)cc(C)cc3c(=O)c2OC(=O)c2ccncc2)cc1. The standard InChI is InChI=1S/C24H19NO5/c1-14-12-15(2)21-19(13-14)20(26)23(30-24(27)17-8-10-25-11-9-17)22(29-21)16-4-6-18(28-3)7-5-16/h4-13H,1-3H3. The van der Waals surface area contributed by atoms with Gasteiger partial charge in [0.25, 0.3) is 0 Å². The van der Waals surface area contributed by atoms with Crippen LogP contribution in [0.25, 0.3) is 22.3 Å². The maximum atomic E-state index is 13.3. The summed E-state index contributed by atoms with van der Waals surface area (Å²) in [4.78, 5) is 29.9. The van der Waals surface area contributed by atoms with Gasteiger partial charge in [-0.2, -0.15) is 0 Å². The van der Waals surface area contributed by atoms with Crippen LogP contribution in [-0.4, -0.2) is 18.1 Å². The zero-order chi connectivity index (χ0) is 21.3. The van der Waals surface area contributed by atoms with Crippen molar-refractivity contribution in [2.45, 2.75) is 13.8 Å². The van der Waals surface area contributed by atoms with E-state index in [2.05, 4.69) is 4.98 Å². The number of ether oxygens (including phenoxy) is 2. The molecule has 2 heterocycles. The number of hydrogen-bond acceptors (Lipinski definition) is 6. The fraction of sp³-hybridized carbons (Fsp3) is 0.125. The lowest BCUT2D eigenvalue weighted by Crippen LogP contribution is -2.16. The van der Waals surface area contributed by atoms with Gasteiger partial charge in [0, 0.05) is 18.0 Å². The zero-order valence-corrected chi connectivity index (χ0v) is 16.8. The first kappa shape index (κ1) is 19.4. The molecular weight excluding hydrogens is 382 g/mol. The van der Waals surface area contributed by atoms with E-state index in [4.69, 9.17) is 13.9 Å². The summed E-state index contributed by atoms with van der Waals surface area (Å²) >= 11 is 0. The first-order valence-corrected chi connectivity index (χ1v) is 9.32. The second-order valence-electron chi connectivity index (χ2n) is 6.90. The van der Waals surface area contributed by atoms with Crippen LogP contribution < -0.4 is 14.9 Å². The fourth-order valence-electron chi connectivity index (χ4n) is 3.30. The number of methoxy groups -OCH3 is 1. The zero-order valence-electron chi connectivity index (χ0n) is 16.8. The number of aryl methyl sites for hydroxylation is 2. The summed E-state index contributed by atoms with van der Waals surface area (Å²) in [7, 11) is 1.57. The highest BCUT2D eigenvalue weighted by Crippen LogP contribution is 2.33. The van der Waals surface area contributed by atoms with Crippen molar-refractivity contribution in [3.05, 3.63) is 87.8 Å². The first-order chi connectivity index (χ1) is 14.5. The second kappa shape index (κ2) is 7.83. The van der Waals surface area contributed by atoms with Crippen LogP contribution in [-0.2, 0) is 0 Å². The molecule has 0 N–H and O–H groups in total. The predicted octanol–water partition coefficient (Wildman–Crippen LogP) is 4.70. The Labute approximate surface area is 172 Å². The van der Waals surface area contributed by atoms with Crippen LogP contribution in [0.1, 0.15) is 21.5 Å². The summed E-state index contributed by atoms with van der Waals surface area (Å²) in [6, 6.07) is 13.7.